The van der Waals surface area contributed by atoms with Gasteiger partial charge in [0.2, 0.25) is 0 Å². The molecule has 0 aliphatic rings. The molecule has 0 aliphatic carbocycles. The molecular formula is C24H29N3O3S. The zero-order valence-electron chi connectivity index (χ0n) is 18.6. The minimum atomic E-state index is -0.421. The highest BCUT2D eigenvalue weighted by Crippen LogP contribution is 2.30. The van der Waals surface area contributed by atoms with E-state index in [1.165, 1.54) is 24.0 Å². The third-order valence-corrected chi connectivity index (χ3v) is 6.45. The van der Waals surface area contributed by atoms with Gasteiger partial charge in [-0.25, -0.2) is 9.78 Å². The Morgan fingerprint density at radius 3 is 2.26 bits per heavy atom. The van der Waals surface area contributed by atoms with Gasteiger partial charge in [0, 0.05) is 18.7 Å². The molecule has 164 valence electrons. The molecule has 1 amide bonds. The lowest BCUT2D eigenvalue weighted by Gasteiger charge is -2.24. The number of anilines is 1. The molecule has 7 heteroatoms. The number of methoxy groups -OCH3 is 1. The van der Waals surface area contributed by atoms with Gasteiger partial charge in [0.25, 0.3) is 5.91 Å². The van der Waals surface area contributed by atoms with Crippen molar-refractivity contribution in [1.29, 1.82) is 0 Å². The van der Waals surface area contributed by atoms with Crippen LogP contribution in [0, 0.1) is 0 Å². The summed E-state index contributed by atoms with van der Waals surface area (Å²) in [7, 11) is 1.34. The number of benzene rings is 2. The van der Waals surface area contributed by atoms with Crippen molar-refractivity contribution in [2.75, 3.05) is 38.2 Å². The van der Waals surface area contributed by atoms with Crippen LogP contribution in [0.5, 0.6) is 0 Å². The molecule has 3 rings (SSSR count). The standard InChI is InChI=1S/C24H29N3O3S/c1-5-17-8-13-20-21(16-17)31-24(25-20)27(15-14-26(6-2)7-3)22(28)18-9-11-19(12-10-18)23(29)30-4/h8-13,16H,5-7,14-15H2,1-4H3. The maximum atomic E-state index is 13.4. The summed E-state index contributed by atoms with van der Waals surface area (Å²) in [5.74, 6) is -0.548. The first kappa shape index (κ1) is 22.9. The van der Waals surface area contributed by atoms with E-state index in [4.69, 9.17) is 9.72 Å². The number of aryl methyl sites for hydroxylation is 1. The predicted octanol–water partition coefficient (Wildman–Crippen LogP) is 4.63. The Labute approximate surface area is 187 Å². The van der Waals surface area contributed by atoms with Crippen molar-refractivity contribution in [1.82, 2.24) is 9.88 Å². The van der Waals surface area contributed by atoms with E-state index < -0.39 is 5.97 Å². The van der Waals surface area contributed by atoms with Gasteiger partial charge in [0.15, 0.2) is 5.13 Å². The average Bonchev–Trinajstić information content (AvgIpc) is 3.24. The van der Waals surface area contributed by atoms with Crippen LogP contribution in [0.3, 0.4) is 0 Å². The number of nitrogens with zero attached hydrogens (tertiary/aromatic N) is 3. The molecule has 0 bridgehead atoms. The predicted molar refractivity (Wildman–Crippen MR) is 126 cm³/mol. The lowest BCUT2D eigenvalue weighted by atomic mass is 10.1. The van der Waals surface area contributed by atoms with Crippen LogP contribution in [0.15, 0.2) is 42.5 Å². The number of carbonyl (C=O) groups is 2. The van der Waals surface area contributed by atoms with E-state index in [0.29, 0.717) is 22.8 Å². The van der Waals surface area contributed by atoms with Gasteiger partial charge in [-0.05, 0) is 61.5 Å². The van der Waals surface area contributed by atoms with Gasteiger partial charge in [0.05, 0.1) is 22.9 Å². The molecule has 0 saturated heterocycles. The lowest BCUT2D eigenvalue weighted by Crippen LogP contribution is -2.38. The van der Waals surface area contributed by atoms with E-state index in [-0.39, 0.29) is 5.91 Å². The monoisotopic (exact) mass is 439 g/mol. The molecule has 0 saturated carbocycles. The van der Waals surface area contributed by atoms with Crippen LogP contribution in [0.1, 0.15) is 47.1 Å². The summed E-state index contributed by atoms with van der Waals surface area (Å²) >= 11 is 1.54. The van der Waals surface area contributed by atoms with Gasteiger partial charge in [-0.3, -0.25) is 9.69 Å². The van der Waals surface area contributed by atoms with Crippen molar-refractivity contribution < 1.29 is 14.3 Å². The Morgan fingerprint density at radius 2 is 1.65 bits per heavy atom. The van der Waals surface area contributed by atoms with Crippen molar-refractivity contribution in [3.05, 3.63) is 59.2 Å². The van der Waals surface area contributed by atoms with Crippen molar-refractivity contribution in [3.8, 4) is 0 Å². The van der Waals surface area contributed by atoms with Gasteiger partial charge in [-0.1, -0.05) is 38.2 Å². The molecule has 1 aromatic heterocycles. The highest BCUT2D eigenvalue weighted by atomic mass is 32.1. The van der Waals surface area contributed by atoms with Crippen molar-refractivity contribution in [3.63, 3.8) is 0 Å². The highest BCUT2D eigenvalue weighted by molar-refractivity contribution is 7.22. The summed E-state index contributed by atoms with van der Waals surface area (Å²) < 4.78 is 5.83. The number of fused-ring (bicyclic) bond motifs is 1. The summed E-state index contributed by atoms with van der Waals surface area (Å²) in [4.78, 5) is 33.9. The normalized spacial score (nSPS) is 11.1. The fourth-order valence-electron chi connectivity index (χ4n) is 3.38. The molecular weight excluding hydrogens is 410 g/mol. The van der Waals surface area contributed by atoms with Crippen LogP contribution in [0.4, 0.5) is 5.13 Å². The molecule has 31 heavy (non-hydrogen) atoms. The van der Waals surface area contributed by atoms with E-state index in [9.17, 15) is 9.59 Å². The zero-order chi connectivity index (χ0) is 22.4. The van der Waals surface area contributed by atoms with Crippen molar-refractivity contribution in [2.24, 2.45) is 0 Å². The minimum Gasteiger partial charge on any atom is -0.465 e. The first-order valence-corrected chi connectivity index (χ1v) is 11.4. The number of aromatic nitrogens is 1. The van der Waals surface area contributed by atoms with Crippen LogP contribution in [-0.2, 0) is 11.2 Å². The Hall–Kier alpha value is -2.77. The second-order valence-electron chi connectivity index (χ2n) is 7.20. The minimum absolute atomic E-state index is 0.127. The molecule has 1 heterocycles. The fraction of sp³-hybridized carbons (Fsp3) is 0.375. The Balaban J connectivity index is 1.93. The number of hydrogen-bond acceptors (Lipinski definition) is 6. The summed E-state index contributed by atoms with van der Waals surface area (Å²) in [6, 6.07) is 12.8. The summed E-state index contributed by atoms with van der Waals surface area (Å²) in [5.41, 5.74) is 3.09. The van der Waals surface area contributed by atoms with Gasteiger partial charge in [-0.2, -0.15) is 0 Å². The number of amides is 1. The highest BCUT2D eigenvalue weighted by Gasteiger charge is 2.22. The van der Waals surface area contributed by atoms with Gasteiger partial charge >= 0.3 is 5.97 Å². The molecule has 0 atom stereocenters. The number of esters is 1. The smallest absolute Gasteiger partial charge is 0.337 e. The third kappa shape index (κ3) is 5.29. The van der Waals surface area contributed by atoms with E-state index in [1.807, 2.05) is 6.07 Å². The topological polar surface area (TPSA) is 62.7 Å². The molecule has 0 aliphatic heterocycles. The first-order valence-electron chi connectivity index (χ1n) is 10.6. The first-order chi connectivity index (χ1) is 15.0. The molecule has 0 fully saturated rings. The molecule has 0 N–H and O–H groups in total. The molecule has 0 spiro atoms. The van der Waals surface area contributed by atoms with E-state index in [0.717, 1.165) is 36.3 Å². The quantitative estimate of drug-likeness (QED) is 0.455. The number of ether oxygens (including phenoxy) is 1. The maximum Gasteiger partial charge on any atom is 0.337 e. The van der Waals surface area contributed by atoms with Crippen molar-refractivity contribution >= 4 is 38.6 Å². The SMILES string of the molecule is CCc1ccc2nc(N(CCN(CC)CC)C(=O)c3ccc(C(=O)OC)cc3)sc2c1. The van der Waals surface area contributed by atoms with E-state index >= 15 is 0 Å². The molecule has 6 nitrogen and oxygen atoms in total. The van der Waals surface area contributed by atoms with E-state index in [2.05, 4.69) is 37.8 Å². The van der Waals surface area contributed by atoms with Gasteiger partial charge in [-0.15, -0.1) is 0 Å². The summed E-state index contributed by atoms with van der Waals surface area (Å²) in [6.07, 6.45) is 0.959. The number of carbonyl (C=O) groups excluding carboxylic acids is 2. The van der Waals surface area contributed by atoms with Crippen LogP contribution in [0.25, 0.3) is 10.2 Å². The largest absolute Gasteiger partial charge is 0.465 e. The fourth-order valence-corrected chi connectivity index (χ4v) is 4.43. The second kappa shape index (κ2) is 10.5. The van der Waals surface area contributed by atoms with Crippen LogP contribution in [-0.4, -0.2) is 55.0 Å². The third-order valence-electron chi connectivity index (χ3n) is 5.41. The molecule has 2 aromatic carbocycles. The number of likely N-dealkylation sites (N-methyl/N-ethyl adjacent to an activating group) is 1. The Bertz CT molecular complexity index is 1040. The van der Waals surface area contributed by atoms with Gasteiger partial charge in [0.1, 0.15) is 0 Å². The zero-order valence-corrected chi connectivity index (χ0v) is 19.4. The number of rotatable bonds is 9. The molecule has 3 aromatic rings. The van der Waals surface area contributed by atoms with Crippen LogP contribution in [0.2, 0.25) is 0 Å². The Kier molecular flexibility index (Phi) is 7.76. The van der Waals surface area contributed by atoms with Crippen LogP contribution >= 0.6 is 11.3 Å². The molecule has 0 unspecified atom stereocenters. The Morgan fingerprint density at radius 1 is 0.968 bits per heavy atom. The number of thiazole rings is 1. The van der Waals surface area contributed by atoms with Gasteiger partial charge < -0.3 is 9.64 Å². The van der Waals surface area contributed by atoms with Crippen molar-refractivity contribution in [2.45, 2.75) is 27.2 Å². The molecule has 0 radical (unpaired) electrons. The maximum absolute atomic E-state index is 13.4. The average molecular weight is 440 g/mol. The number of hydrogen-bond donors (Lipinski definition) is 0. The lowest BCUT2D eigenvalue weighted by molar-refractivity contribution is 0.0600. The second-order valence-corrected chi connectivity index (χ2v) is 8.21. The van der Waals surface area contributed by atoms with E-state index in [1.54, 1.807) is 29.2 Å². The summed E-state index contributed by atoms with van der Waals surface area (Å²) in [6.45, 7) is 9.50. The summed E-state index contributed by atoms with van der Waals surface area (Å²) in [5, 5.41) is 0.692. The van der Waals surface area contributed by atoms with Crippen LogP contribution < -0.4 is 4.90 Å².